The van der Waals surface area contributed by atoms with Gasteiger partial charge in [-0.3, -0.25) is 4.72 Å². The number of nitrogen functional groups attached to an aromatic ring is 1. The maximum Gasteiger partial charge on any atom is 0.301 e. The van der Waals surface area contributed by atoms with Gasteiger partial charge in [-0.15, -0.1) is 0 Å². The van der Waals surface area contributed by atoms with Crippen molar-refractivity contribution in [1.29, 1.82) is 0 Å². The number of nitrogens with one attached hydrogen (secondary N) is 1. The molecule has 0 fully saturated rings. The summed E-state index contributed by atoms with van der Waals surface area (Å²) >= 11 is 0. The van der Waals surface area contributed by atoms with Gasteiger partial charge in [0.05, 0.1) is 11.4 Å². The lowest BCUT2D eigenvalue weighted by molar-refractivity contribution is 0.471. The van der Waals surface area contributed by atoms with Crippen LogP contribution in [0, 0.1) is 0 Å². The Balaban J connectivity index is 2.12. The van der Waals surface area contributed by atoms with Crippen LogP contribution in [-0.2, 0) is 16.8 Å². The number of nitrogens with two attached hydrogens (primary N) is 1. The highest BCUT2D eigenvalue weighted by molar-refractivity contribution is 7.90. The lowest BCUT2D eigenvalue weighted by Crippen LogP contribution is -2.32. The maximum atomic E-state index is 12.2. The third-order valence-corrected chi connectivity index (χ3v) is 4.29. The van der Waals surface area contributed by atoms with Crippen LogP contribution in [0.4, 0.5) is 11.4 Å². The number of nitrogens with zero attached hydrogens (tertiary/aromatic N) is 1. The van der Waals surface area contributed by atoms with E-state index in [1.807, 2.05) is 30.3 Å². The van der Waals surface area contributed by atoms with Crippen molar-refractivity contribution in [3.63, 3.8) is 0 Å². The predicted octanol–water partition coefficient (Wildman–Crippen LogP) is 2.06. The van der Waals surface area contributed by atoms with Crippen LogP contribution >= 0.6 is 0 Å². The van der Waals surface area contributed by atoms with Crippen LogP contribution in [0.15, 0.2) is 54.6 Å². The molecule has 0 saturated heterocycles. The maximum absolute atomic E-state index is 12.2. The van der Waals surface area contributed by atoms with Gasteiger partial charge in [0.25, 0.3) is 0 Å². The molecule has 0 amide bonds. The first-order valence-corrected chi connectivity index (χ1v) is 7.55. The van der Waals surface area contributed by atoms with Gasteiger partial charge >= 0.3 is 10.2 Å². The highest BCUT2D eigenvalue weighted by atomic mass is 32.2. The summed E-state index contributed by atoms with van der Waals surface area (Å²) in [7, 11) is -2.11. The van der Waals surface area contributed by atoms with Gasteiger partial charge in [-0.1, -0.05) is 42.5 Å². The van der Waals surface area contributed by atoms with Gasteiger partial charge in [-0.2, -0.15) is 12.7 Å². The molecular weight excluding hydrogens is 274 g/mol. The molecule has 0 heterocycles. The molecule has 3 N–H and O–H groups in total. The largest absolute Gasteiger partial charge is 0.397 e. The van der Waals surface area contributed by atoms with Crippen LogP contribution in [0.1, 0.15) is 5.56 Å². The van der Waals surface area contributed by atoms with E-state index in [-0.39, 0.29) is 0 Å². The van der Waals surface area contributed by atoms with Crippen molar-refractivity contribution in [2.24, 2.45) is 0 Å². The molecule has 0 radical (unpaired) electrons. The molecule has 0 aliphatic heterocycles. The first-order chi connectivity index (χ1) is 9.49. The second-order valence-corrected chi connectivity index (χ2v) is 6.21. The van der Waals surface area contributed by atoms with Crippen molar-refractivity contribution in [2.45, 2.75) is 6.54 Å². The lowest BCUT2D eigenvalue weighted by Gasteiger charge is -2.19. The topological polar surface area (TPSA) is 75.4 Å². The summed E-state index contributed by atoms with van der Waals surface area (Å²) in [6.45, 7) is 0.295. The zero-order chi connectivity index (χ0) is 14.6. The molecule has 2 aromatic carbocycles. The Kier molecular flexibility index (Phi) is 4.26. The molecule has 0 unspecified atom stereocenters. The molecule has 5 nitrogen and oxygen atoms in total. The van der Waals surface area contributed by atoms with Gasteiger partial charge < -0.3 is 5.73 Å². The number of para-hydroxylation sites is 2. The smallest absolute Gasteiger partial charge is 0.301 e. The zero-order valence-electron chi connectivity index (χ0n) is 11.2. The van der Waals surface area contributed by atoms with E-state index in [0.29, 0.717) is 17.9 Å². The van der Waals surface area contributed by atoms with Gasteiger partial charge in [0.15, 0.2) is 0 Å². The van der Waals surface area contributed by atoms with Crippen LogP contribution in [0.25, 0.3) is 0 Å². The highest BCUT2D eigenvalue weighted by Gasteiger charge is 2.18. The molecule has 0 bridgehead atoms. The molecule has 106 valence electrons. The molecule has 0 spiro atoms. The van der Waals surface area contributed by atoms with Crippen molar-refractivity contribution in [3.8, 4) is 0 Å². The fourth-order valence-corrected chi connectivity index (χ4v) is 2.67. The summed E-state index contributed by atoms with van der Waals surface area (Å²) in [6, 6.07) is 16.1. The summed E-state index contributed by atoms with van der Waals surface area (Å²) in [5.74, 6) is 0. The van der Waals surface area contributed by atoms with Crippen molar-refractivity contribution >= 4 is 21.6 Å². The number of anilines is 2. The van der Waals surface area contributed by atoms with Gasteiger partial charge in [-0.05, 0) is 17.7 Å². The SMILES string of the molecule is CN(Cc1ccccc1)S(=O)(=O)Nc1ccccc1N. The Bertz CT molecular complexity index is 672. The molecule has 0 saturated carbocycles. The first kappa shape index (κ1) is 14.4. The monoisotopic (exact) mass is 291 g/mol. The molecule has 2 aromatic rings. The molecule has 6 heteroatoms. The molecule has 0 aliphatic carbocycles. The fraction of sp³-hybridized carbons (Fsp3) is 0.143. The third-order valence-electron chi connectivity index (χ3n) is 2.86. The van der Waals surface area contributed by atoms with E-state index < -0.39 is 10.2 Å². The van der Waals surface area contributed by atoms with Gasteiger partial charge in [0.2, 0.25) is 0 Å². The molecule has 2 rings (SSSR count). The van der Waals surface area contributed by atoms with Gasteiger partial charge in [-0.25, -0.2) is 0 Å². The molecular formula is C14H17N3O2S. The van der Waals surface area contributed by atoms with E-state index in [1.54, 1.807) is 24.3 Å². The summed E-state index contributed by atoms with van der Waals surface area (Å²) in [6.07, 6.45) is 0. The zero-order valence-corrected chi connectivity index (χ0v) is 12.0. The quantitative estimate of drug-likeness (QED) is 0.828. The van der Waals surface area contributed by atoms with E-state index in [0.717, 1.165) is 5.56 Å². The number of benzene rings is 2. The minimum absolute atomic E-state index is 0.295. The normalized spacial score (nSPS) is 11.5. The van der Waals surface area contributed by atoms with Crippen LogP contribution in [0.5, 0.6) is 0 Å². The van der Waals surface area contributed by atoms with Crippen molar-refractivity contribution in [3.05, 3.63) is 60.2 Å². The van der Waals surface area contributed by atoms with Crippen molar-refractivity contribution < 1.29 is 8.42 Å². The van der Waals surface area contributed by atoms with E-state index in [4.69, 9.17) is 5.73 Å². The molecule has 20 heavy (non-hydrogen) atoms. The van der Waals surface area contributed by atoms with Crippen molar-refractivity contribution in [2.75, 3.05) is 17.5 Å². The van der Waals surface area contributed by atoms with Crippen molar-refractivity contribution in [1.82, 2.24) is 4.31 Å². The van der Waals surface area contributed by atoms with Gasteiger partial charge in [0.1, 0.15) is 0 Å². The Morgan fingerprint density at radius 3 is 2.30 bits per heavy atom. The summed E-state index contributed by atoms with van der Waals surface area (Å²) in [5.41, 5.74) is 7.43. The van der Waals surface area contributed by atoms with E-state index in [1.165, 1.54) is 11.4 Å². The Hall–Kier alpha value is -2.05. The predicted molar refractivity (Wildman–Crippen MR) is 81.3 cm³/mol. The average molecular weight is 291 g/mol. The standard InChI is InChI=1S/C14H17N3O2S/c1-17(11-12-7-3-2-4-8-12)20(18,19)16-14-10-6-5-9-13(14)15/h2-10,16H,11,15H2,1H3. The molecule has 0 aromatic heterocycles. The third kappa shape index (κ3) is 3.49. The van der Waals surface area contributed by atoms with E-state index >= 15 is 0 Å². The number of hydrogen-bond acceptors (Lipinski definition) is 3. The minimum atomic E-state index is -3.63. The average Bonchev–Trinajstić information content (AvgIpc) is 2.42. The second kappa shape index (κ2) is 5.94. The Morgan fingerprint density at radius 1 is 1.05 bits per heavy atom. The highest BCUT2D eigenvalue weighted by Crippen LogP contribution is 2.19. The van der Waals surface area contributed by atoms with E-state index in [9.17, 15) is 8.42 Å². The second-order valence-electron chi connectivity index (χ2n) is 4.44. The minimum Gasteiger partial charge on any atom is -0.397 e. The molecule has 0 atom stereocenters. The Morgan fingerprint density at radius 2 is 1.65 bits per heavy atom. The summed E-state index contributed by atoms with van der Waals surface area (Å²) < 4.78 is 28.2. The van der Waals surface area contributed by atoms with Crippen LogP contribution < -0.4 is 10.5 Å². The first-order valence-electron chi connectivity index (χ1n) is 6.11. The Labute approximate surface area is 119 Å². The van der Waals surface area contributed by atoms with Crippen LogP contribution in [-0.4, -0.2) is 19.8 Å². The number of hydrogen-bond donors (Lipinski definition) is 2. The lowest BCUT2D eigenvalue weighted by atomic mass is 10.2. The fourth-order valence-electron chi connectivity index (χ4n) is 1.73. The van der Waals surface area contributed by atoms with E-state index in [2.05, 4.69) is 4.72 Å². The van der Waals surface area contributed by atoms with Crippen LogP contribution in [0.3, 0.4) is 0 Å². The summed E-state index contributed by atoms with van der Waals surface area (Å²) in [4.78, 5) is 0. The van der Waals surface area contributed by atoms with Gasteiger partial charge in [0, 0.05) is 13.6 Å². The summed E-state index contributed by atoms with van der Waals surface area (Å²) in [5, 5.41) is 0. The number of rotatable bonds is 5. The molecule has 0 aliphatic rings. The van der Waals surface area contributed by atoms with Crippen LogP contribution in [0.2, 0.25) is 0 Å².